The second-order valence-corrected chi connectivity index (χ2v) is 6.68. The minimum absolute atomic E-state index is 1.23. The first-order chi connectivity index (χ1) is 9.88. The van der Waals surface area contributed by atoms with Gasteiger partial charge in [-0.2, -0.15) is 0 Å². The monoisotopic (exact) mass is 282 g/mol. The van der Waals surface area contributed by atoms with E-state index < -0.39 is 0 Å². The first kappa shape index (κ1) is 13.6. The normalized spacial score (nSPS) is 11.4. The van der Waals surface area contributed by atoms with E-state index in [4.69, 9.17) is 0 Å². The Bertz CT molecular complexity index is 693. The van der Waals surface area contributed by atoms with Crippen LogP contribution >= 0.6 is 11.3 Å². The highest BCUT2D eigenvalue weighted by Crippen LogP contribution is 2.34. The summed E-state index contributed by atoms with van der Waals surface area (Å²) in [4.78, 5) is 0. The highest BCUT2D eigenvalue weighted by molar-refractivity contribution is 7.25. The van der Waals surface area contributed by atoms with Crippen molar-refractivity contribution in [3.05, 3.63) is 48.0 Å². The van der Waals surface area contributed by atoms with E-state index in [2.05, 4.69) is 49.4 Å². The molecule has 2 aromatic carbocycles. The molecule has 0 unspecified atom stereocenters. The van der Waals surface area contributed by atoms with Gasteiger partial charge >= 0.3 is 0 Å². The van der Waals surface area contributed by atoms with E-state index >= 15 is 0 Å². The van der Waals surface area contributed by atoms with Crippen molar-refractivity contribution < 1.29 is 0 Å². The first-order valence-electron chi connectivity index (χ1n) is 7.78. The fourth-order valence-electron chi connectivity index (χ4n) is 2.86. The zero-order valence-electron chi connectivity index (χ0n) is 12.2. The minimum Gasteiger partial charge on any atom is -0.135 e. The summed E-state index contributed by atoms with van der Waals surface area (Å²) >= 11 is 1.92. The Morgan fingerprint density at radius 2 is 1.60 bits per heavy atom. The Kier molecular flexibility index (Phi) is 4.37. The van der Waals surface area contributed by atoms with Gasteiger partial charge in [0, 0.05) is 20.2 Å². The molecule has 20 heavy (non-hydrogen) atoms. The molecule has 0 saturated carbocycles. The van der Waals surface area contributed by atoms with Crippen LogP contribution in [0, 0.1) is 0 Å². The standard InChI is InChI=1S/C19H22S/c1-2-3-4-5-6-9-15-12-13-17-16-10-7-8-11-18(16)20-19(17)14-15/h7-8,10-14H,2-6,9H2,1H3. The fourth-order valence-corrected chi connectivity index (χ4v) is 4.03. The summed E-state index contributed by atoms with van der Waals surface area (Å²) in [6.07, 6.45) is 8.04. The summed E-state index contributed by atoms with van der Waals surface area (Å²) in [7, 11) is 0. The summed E-state index contributed by atoms with van der Waals surface area (Å²) < 4.78 is 2.85. The van der Waals surface area contributed by atoms with Crippen LogP contribution in [0.25, 0.3) is 20.2 Å². The number of benzene rings is 2. The Labute approximate surface area is 125 Å². The largest absolute Gasteiger partial charge is 0.135 e. The first-order valence-corrected chi connectivity index (χ1v) is 8.60. The smallest absolute Gasteiger partial charge is 0.0358 e. The quantitative estimate of drug-likeness (QED) is 0.449. The van der Waals surface area contributed by atoms with E-state index in [0.717, 1.165) is 0 Å². The summed E-state index contributed by atoms with van der Waals surface area (Å²) in [5.74, 6) is 0. The zero-order valence-corrected chi connectivity index (χ0v) is 13.0. The Hall–Kier alpha value is -1.34. The molecule has 0 bridgehead atoms. The zero-order chi connectivity index (χ0) is 13.8. The molecule has 3 rings (SSSR count). The third-order valence-electron chi connectivity index (χ3n) is 4.01. The molecule has 1 heterocycles. The van der Waals surface area contributed by atoms with Crippen molar-refractivity contribution in [2.75, 3.05) is 0 Å². The van der Waals surface area contributed by atoms with E-state index in [1.165, 1.54) is 64.3 Å². The van der Waals surface area contributed by atoms with E-state index in [-0.39, 0.29) is 0 Å². The predicted molar refractivity (Wildman–Crippen MR) is 91.8 cm³/mol. The predicted octanol–water partition coefficient (Wildman–Crippen LogP) is 6.57. The van der Waals surface area contributed by atoms with Crippen LogP contribution in [0.5, 0.6) is 0 Å². The molecule has 0 aliphatic carbocycles. The summed E-state index contributed by atoms with van der Waals surface area (Å²) in [6, 6.07) is 15.8. The Balaban J connectivity index is 1.75. The third kappa shape index (κ3) is 2.88. The average molecular weight is 282 g/mol. The van der Waals surface area contributed by atoms with Crippen molar-refractivity contribution >= 4 is 31.5 Å². The van der Waals surface area contributed by atoms with Crippen LogP contribution in [0.4, 0.5) is 0 Å². The summed E-state index contributed by atoms with van der Waals surface area (Å²) in [6.45, 7) is 2.27. The van der Waals surface area contributed by atoms with Crippen LogP contribution < -0.4 is 0 Å². The molecular formula is C19H22S. The molecule has 0 radical (unpaired) electrons. The van der Waals surface area contributed by atoms with Gasteiger partial charge in [0.05, 0.1) is 0 Å². The van der Waals surface area contributed by atoms with E-state index in [1.807, 2.05) is 11.3 Å². The maximum absolute atomic E-state index is 2.40. The lowest BCUT2D eigenvalue weighted by atomic mass is 10.0. The highest BCUT2D eigenvalue weighted by Gasteiger charge is 2.04. The van der Waals surface area contributed by atoms with Crippen molar-refractivity contribution in [1.29, 1.82) is 0 Å². The lowest BCUT2D eigenvalue weighted by Crippen LogP contribution is -1.85. The topological polar surface area (TPSA) is 0 Å². The van der Waals surface area contributed by atoms with Gasteiger partial charge in [0.2, 0.25) is 0 Å². The van der Waals surface area contributed by atoms with Crippen molar-refractivity contribution in [2.45, 2.75) is 45.4 Å². The van der Waals surface area contributed by atoms with Gasteiger partial charge in [0.15, 0.2) is 0 Å². The fraction of sp³-hybridized carbons (Fsp3) is 0.368. The van der Waals surface area contributed by atoms with Crippen LogP contribution in [-0.4, -0.2) is 0 Å². The molecule has 1 aromatic heterocycles. The number of hydrogen-bond donors (Lipinski definition) is 0. The van der Waals surface area contributed by atoms with Crippen molar-refractivity contribution in [1.82, 2.24) is 0 Å². The molecule has 0 aliphatic rings. The lowest BCUT2D eigenvalue weighted by Gasteiger charge is -2.02. The number of hydrogen-bond acceptors (Lipinski definition) is 1. The van der Waals surface area contributed by atoms with Crippen LogP contribution in [0.15, 0.2) is 42.5 Å². The number of thiophene rings is 1. The molecule has 0 fully saturated rings. The second kappa shape index (κ2) is 6.41. The third-order valence-corrected chi connectivity index (χ3v) is 5.15. The number of fused-ring (bicyclic) bond motifs is 3. The minimum atomic E-state index is 1.23. The molecule has 0 spiro atoms. The number of rotatable bonds is 6. The molecule has 3 aromatic rings. The van der Waals surface area contributed by atoms with Gasteiger partial charge < -0.3 is 0 Å². The average Bonchev–Trinajstić information content (AvgIpc) is 2.84. The van der Waals surface area contributed by atoms with Crippen molar-refractivity contribution in [3.63, 3.8) is 0 Å². The SMILES string of the molecule is CCCCCCCc1ccc2c(c1)sc1ccccc12. The molecule has 0 atom stereocenters. The van der Waals surface area contributed by atoms with Crippen molar-refractivity contribution in [2.24, 2.45) is 0 Å². The van der Waals surface area contributed by atoms with Gasteiger partial charge in [-0.3, -0.25) is 0 Å². The molecule has 0 saturated heterocycles. The Morgan fingerprint density at radius 3 is 2.50 bits per heavy atom. The summed E-state index contributed by atoms with van der Waals surface area (Å²) in [5, 5.41) is 2.82. The van der Waals surface area contributed by atoms with Crippen LogP contribution in [0.2, 0.25) is 0 Å². The molecule has 0 amide bonds. The second-order valence-electron chi connectivity index (χ2n) is 5.59. The molecule has 104 valence electrons. The van der Waals surface area contributed by atoms with E-state index in [1.54, 1.807) is 0 Å². The molecule has 0 N–H and O–H groups in total. The van der Waals surface area contributed by atoms with Gasteiger partial charge in [0.25, 0.3) is 0 Å². The molecule has 0 nitrogen and oxygen atoms in total. The van der Waals surface area contributed by atoms with E-state index in [0.29, 0.717) is 0 Å². The van der Waals surface area contributed by atoms with Gasteiger partial charge in [-0.1, -0.05) is 62.9 Å². The maximum atomic E-state index is 2.40. The van der Waals surface area contributed by atoms with Gasteiger partial charge in [-0.25, -0.2) is 0 Å². The highest BCUT2D eigenvalue weighted by atomic mass is 32.1. The van der Waals surface area contributed by atoms with Crippen LogP contribution in [-0.2, 0) is 6.42 Å². The maximum Gasteiger partial charge on any atom is 0.0358 e. The van der Waals surface area contributed by atoms with Gasteiger partial charge in [0.1, 0.15) is 0 Å². The van der Waals surface area contributed by atoms with Crippen LogP contribution in [0.3, 0.4) is 0 Å². The number of aryl methyl sites for hydroxylation is 1. The van der Waals surface area contributed by atoms with Gasteiger partial charge in [-0.15, -0.1) is 11.3 Å². The summed E-state index contributed by atoms with van der Waals surface area (Å²) in [5.41, 5.74) is 1.50. The van der Waals surface area contributed by atoms with Crippen LogP contribution in [0.1, 0.15) is 44.6 Å². The Morgan fingerprint density at radius 1 is 0.800 bits per heavy atom. The van der Waals surface area contributed by atoms with E-state index in [9.17, 15) is 0 Å². The number of unbranched alkanes of at least 4 members (excludes halogenated alkanes) is 4. The van der Waals surface area contributed by atoms with Gasteiger partial charge in [-0.05, 0) is 30.5 Å². The molecule has 0 aliphatic heterocycles. The van der Waals surface area contributed by atoms with Crippen molar-refractivity contribution in [3.8, 4) is 0 Å². The molecular weight excluding hydrogens is 260 g/mol. The molecule has 1 heteroatoms. The lowest BCUT2D eigenvalue weighted by molar-refractivity contribution is 0.632.